The van der Waals surface area contributed by atoms with Crippen LogP contribution in [-0.2, 0) is 0 Å². The lowest BCUT2D eigenvalue weighted by atomic mass is 10.1. The minimum absolute atomic E-state index is 0.610. The standard InChI is InChI=1S/C15H25N/c1-3-5-7-8-9-11-15-13-12-14(16-15)10-6-4-2/h7-9,11,14H,3-6,10,12-13H2,1-2H3/b8-7+,11-9+. The minimum atomic E-state index is 0.610. The summed E-state index contributed by atoms with van der Waals surface area (Å²) in [5, 5.41) is 0. The summed E-state index contributed by atoms with van der Waals surface area (Å²) in [4.78, 5) is 4.74. The average molecular weight is 219 g/mol. The maximum absolute atomic E-state index is 4.74. The van der Waals surface area contributed by atoms with Gasteiger partial charge in [0.15, 0.2) is 0 Å². The van der Waals surface area contributed by atoms with Gasteiger partial charge in [-0.05, 0) is 31.8 Å². The summed E-state index contributed by atoms with van der Waals surface area (Å²) < 4.78 is 0. The second kappa shape index (κ2) is 8.32. The Morgan fingerprint density at radius 3 is 2.88 bits per heavy atom. The lowest BCUT2D eigenvalue weighted by Crippen LogP contribution is -1.97. The van der Waals surface area contributed by atoms with Crippen LogP contribution in [-0.4, -0.2) is 11.8 Å². The molecule has 0 aliphatic carbocycles. The first kappa shape index (κ1) is 13.2. The van der Waals surface area contributed by atoms with Crippen LogP contribution in [0.15, 0.2) is 29.3 Å². The van der Waals surface area contributed by atoms with Crippen molar-refractivity contribution in [2.24, 2.45) is 4.99 Å². The normalized spacial score (nSPS) is 21.1. The molecule has 0 aromatic carbocycles. The van der Waals surface area contributed by atoms with E-state index in [1.165, 1.54) is 50.7 Å². The molecular weight excluding hydrogens is 194 g/mol. The van der Waals surface area contributed by atoms with E-state index in [2.05, 4.69) is 38.2 Å². The third kappa shape index (κ3) is 5.29. The summed E-state index contributed by atoms with van der Waals surface area (Å²) in [5.74, 6) is 0. The fourth-order valence-corrected chi connectivity index (χ4v) is 1.96. The van der Waals surface area contributed by atoms with E-state index in [0.29, 0.717) is 6.04 Å². The molecule has 0 aromatic rings. The van der Waals surface area contributed by atoms with Crippen LogP contribution in [0, 0.1) is 0 Å². The Bertz CT molecular complexity index is 261. The van der Waals surface area contributed by atoms with Gasteiger partial charge in [0.05, 0.1) is 6.04 Å². The SMILES string of the molecule is CCC/C=C/C=C/C1=NC(CCCC)CC1. The zero-order valence-electron chi connectivity index (χ0n) is 10.8. The predicted molar refractivity (Wildman–Crippen MR) is 73.2 cm³/mol. The van der Waals surface area contributed by atoms with Crippen molar-refractivity contribution in [3.8, 4) is 0 Å². The Morgan fingerprint density at radius 2 is 2.12 bits per heavy atom. The van der Waals surface area contributed by atoms with Crippen molar-refractivity contribution in [3.05, 3.63) is 24.3 Å². The molecule has 1 nitrogen and oxygen atoms in total. The summed E-state index contributed by atoms with van der Waals surface area (Å²) in [6.07, 6.45) is 17.4. The number of unbranched alkanes of at least 4 members (excludes halogenated alkanes) is 2. The molecule has 0 amide bonds. The third-order valence-corrected chi connectivity index (χ3v) is 2.96. The quantitative estimate of drug-likeness (QED) is 0.551. The fourth-order valence-electron chi connectivity index (χ4n) is 1.96. The van der Waals surface area contributed by atoms with Crippen LogP contribution < -0.4 is 0 Å². The van der Waals surface area contributed by atoms with Crippen molar-refractivity contribution in [1.29, 1.82) is 0 Å². The van der Waals surface area contributed by atoms with Crippen molar-refractivity contribution < 1.29 is 0 Å². The van der Waals surface area contributed by atoms with Crippen molar-refractivity contribution in [1.82, 2.24) is 0 Å². The van der Waals surface area contributed by atoms with Crippen molar-refractivity contribution in [2.45, 2.75) is 64.8 Å². The largest absolute Gasteiger partial charge is 0.286 e. The number of allylic oxidation sites excluding steroid dienone is 4. The molecule has 1 unspecified atom stereocenters. The average Bonchev–Trinajstić information content (AvgIpc) is 2.74. The van der Waals surface area contributed by atoms with E-state index < -0.39 is 0 Å². The van der Waals surface area contributed by atoms with Crippen LogP contribution in [0.1, 0.15) is 58.8 Å². The zero-order valence-corrected chi connectivity index (χ0v) is 10.8. The summed E-state index contributed by atoms with van der Waals surface area (Å²) in [6.45, 7) is 4.45. The number of aliphatic imine (C=N–C) groups is 1. The van der Waals surface area contributed by atoms with Gasteiger partial charge in [0.25, 0.3) is 0 Å². The molecule has 1 aliphatic rings. The lowest BCUT2D eigenvalue weighted by Gasteiger charge is -2.02. The van der Waals surface area contributed by atoms with Gasteiger partial charge in [-0.1, -0.05) is 51.3 Å². The van der Waals surface area contributed by atoms with Crippen molar-refractivity contribution in [2.75, 3.05) is 0 Å². The van der Waals surface area contributed by atoms with Crippen LogP contribution >= 0.6 is 0 Å². The minimum Gasteiger partial charge on any atom is -0.286 e. The molecule has 1 heteroatoms. The molecule has 0 saturated carbocycles. The van der Waals surface area contributed by atoms with Gasteiger partial charge in [0.1, 0.15) is 0 Å². The lowest BCUT2D eigenvalue weighted by molar-refractivity contribution is 0.577. The smallest absolute Gasteiger partial charge is 0.0506 e. The second-order valence-corrected chi connectivity index (χ2v) is 4.53. The second-order valence-electron chi connectivity index (χ2n) is 4.53. The van der Waals surface area contributed by atoms with E-state index in [1.54, 1.807) is 0 Å². The summed E-state index contributed by atoms with van der Waals surface area (Å²) in [7, 11) is 0. The predicted octanol–water partition coefficient (Wildman–Crippen LogP) is 4.69. The summed E-state index contributed by atoms with van der Waals surface area (Å²) in [6, 6.07) is 0.610. The Kier molecular flexibility index (Phi) is 6.87. The van der Waals surface area contributed by atoms with Gasteiger partial charge < -0.3 is 0 Å². The highest BCUT2D eigenvalue weighted by Gasteiger charge is 2.14. The van der Waals surface area contributed by atoms with Crippen LogP contribution in [0.5, 0.6) is 0 Å². The zero-order chi connectivity index (χ0) is 11.6. The molecular formula is C15H25N. The van der Waals surface area contributed by atoms with Gasteiger partial charge in [-0.15, -0.1) is 0 Å². The highest BCUT2D eigenvalue weighted by atomic mass is 14.8. The van der Waals surface area contributed by atoms with Crippen LogP contribution in [0.3, 0.4) is 0 Å². The molecule has 1 atom stereocenters. The fraction of sp³-hybridized carbons (Fsp3) is 0.667. The molecule has 0 radical (unpaired) electrons. The topological polar surface area (TPSA) is 12.4 Å². The van der Waals surface area contributed by atoms with Crippen LogP contribution in [0.25, 0.3) is 0 Å². The first-order chi connectivity index (χ1) is 7.86. The van der Waals surface area contributed by atoms with Crippen molar-refractivity contribution >= 4 is 5.71 Å². The first-order valence-corrected chi connectivity index (χ1v) is 6.76. The number of hydrogen-bond donors (Lipinski definition) is 0. The van der Waals surface area contributed by atoms with E-state index in [4.69, 9.17) is 4.99 Å². The molecule has 0 aromatic heterocycles. The molecule has 90 valence electrons. The number of rotatable bonds is 7. The molecule has 16 heavy (non-hydrogen) atoms. The van der Waals surface area contributed by atoms with Gasteiger partial charge >= 0.3 is 0 Å². The molecule has 1 heterocycles. The first-order valence-electron chi connectivity index (χ1n) is 6.76. The Morgan fingerprint density at radius 1 is 1.25 bits per heavy atom. The molecule has 0 spiro atoms. The molecule has 0 bridgehead atoms. The van der Waals surface area contributed by atoms with E-state index >= 15 is 0 Å². The molecule has 0 N–H and O–H groups in total. The molecule has 0 saturated heterocycles. The van der Waals surface area contributed by atoms with Gasteiger partial charge in [-0.3, -0.25) is 4.99 Å². The summed E-state index contributed by atoms with van der Waals surface area (Å²) >= 11 is 0. The molecule has 1 rings (SSSR count). The van der Waals surface area contributed by atoms with Crippen molar-refractivity contribution in [3.63, 3.8) is 0 Å². The highest BCUT2D eigenvalue weighted by molar-refractivity contribution is 5.96. The van der Waals surface area contributed by atoms with E-state index in [9.17, 15) is 0 Å². The monoisotopic (exact) mass is 219 g/mol. The van der Waals surface area contributed by atoms with Gasteiger partial charge in [-0.25, -0.2) is 0 Å². The summed E-state index contributed by atoms with van der Waals surface area (Å²) in [5.41, 5.74) is 1.29. The Balaban J connectivity index is 2.27. The van der Waals surface area contributed by atoms with Gasteiger partial charge in [0, 0.05) is 5.71 Å². The number of hydrogen-bond acceptors (Lipinski definition) is 1. The maximum Gasteiger partial charge on any atom is 0.0506 e. The van der Waals surface area contributed by atoms with Crippen LogP contribution in [0.2, 0.25) is 0 Å². The molecule has 1 aliphatic heterocycles. The van der Waals surface area contributed by atoms with E-state index in [0.717, 1.165) is 0 Å². The van der Waals surface area contributed by atoms with Gasteiger partial charge in [0.2, 0.25) is 0 Å². The Labute approximate surface area is 100 Å². The maximum atomic E-state index is 4.74. The van der Waals surface area contributed by atoms with Gasteiger partial charge in [-0.2, -0.15) is 0 Å². The number of nitrogens with zero attached hydrogens (tertiary/aromatic N) is 1. The highest BCUT2D eigenvalue weighted by Crippen LogP contribution is 2.19. The van der Waals surface area contributed by atoms with E-state index in [1.807, 2.05) is 0 Å². The van der Waals surface area contributed by atoms with Crippen LogP contribution in [0.4, 0.5) is 0 Å². The third-order valence-electron chi connectivity index (χ3n) is 2.96. The van der Waals surface area contributed by atoms with E-state index in [-0.39, 0.29) is 0 Å². The Hall–Kier alpha value is -0.850. The molecule has 0 fully saturated rings.